The summed E-state index contributed by atoms with van der Waals surface area (Å²) in [5.74, 6) is 0.732. The molecule has 1 N–H and O–H groups in total. The Morgan fingerprint density at radius 2 is 2.04 bits per heavy atom. The highest BCUT2D eigenvalue weighted by molar-refractivity contribution is 5.84. The van der Waals surface area contributed by atoms with Crippen LogP contribution in [0.2, 0.25) is 0 Å². The van der Waals surface area contributed by atoms with Gasteiger partial charge >= 0.3 is 0 Å². The van der Waals surface area contributed by atoms with Crippen LogP contribution in [-0.4, -0.2) is 49.7 Å². The van der Waals surface area contributed by atoms with Crippen LogP contribution in [0.1, 0.15) is 43.7 Å². The number of nitrogens with zero attached hydrogens (tertiary/aromatic N) is 1. The van der Waals surface area contributed by atoms with Crippen molar-refractivity contribution in [2.24, 2.45) is 5.92 Å². The van der Waals surface area contributed by atoms with Crippen LogP contribution in [0.25, 0.3) is 0 Å². The Morgan fingerprint density at radius 3 is 2.79 bits per heavy atom. The van der Waals surface area contributed by atoms with E-state index in [0.29, 0.717) is 12.0 Å². The molecule has 1 heterocycles. The zero-order valence-corrected chi connectivity index (χ0v) is 15.0. The molecule has 2 aliphatic rings. The molecule has 0 bridgehead atoms. The summed E-state index contributed by atoms with van der Waals surface area (Å²) in [5.41, 5.74) is 2.58. The highest BCUT2D eigenvalue weighted by Gasteiger charge is 2.28. The maximum absolute atomic E-state index is 12.8. The molecular weight excluding hydrogens is 300 g/mol. The maximum Gasteiger partial charge on any atom is 0.227 e. The zero-order valence-electron chi connectivity index (χ0n) is 15.0. The van der Waals surface area contributed by atoms with Gasteiger partial charge in [-0.3, -0.25) is 9.69 Å². The normalized spacial score (nSPS) is 22.9. The van der Waals surface area contributed by atoms with E-state index in [2.05, 4.69) is 48.3 Å². The molecule has 0 aromatic heterocycles. The van der Waals surface area contributed by atoms with Gasteiger partial charge in [0.25, 0.3) is 0 Å². The van der Waals surface area contributed by atoms with Crippen molar-refractivity contribution in [2.45, 2.75) is 45.1 Å². The molecule has 1 saturated heterocycles. The van der Waals surface area contributed by atoms with Crippen LogP contribution < -0.4 is 5.32 Å². The van der Waals surface area contributed by atoms with E-state index < -0.39 is 0 Å². The maximum atomic E-state index is 12.8. The Bertz CT molecular complexity index is 552. The Hall–Kier alpha value is -1.39. The third-order valence-corrected chi connectivity index (χ3v) is 5.46. The molecule has 24 heavy (non-hydrogen) atoms. The second kappa shape index (κ2) is 8.13. The van der Waals surface area contributed by atoms with E-state index in [0.717, 1.165) is 52.1 Å². The zero-order chi connectivity index (χ0) is 16.9. The van der Waals surface area contributed by atoms with Crippen LogP contribution in [0.4, 0.5) is 0 Å². The summed E-state index contributed by atoms with van der Waals surface area (Å²) in [6.45, 7) is 8.73. The number of benzene rings is 1. The quantitative estimate of drug-likeness (QED) is 0.902. The number of hydrogen-bond donors (Lipinski definition) is 1. The Morgan fingerprint density at radius 1 is 1.29 bits per heavy atom. The molecule has 2 atom stereocenters. The van der Waals surface area contributed by atoms with Crippen molar-refractivity contribution in [1.29, 1.82) is 0 Å². The summed E-state index contributed by atoms with van der Waals surface area (Å²) in [7, 11) is 0. The lowest BCUT2D eigenvalue weighted by Gasteiger charge is -2.37. The van der Waals surface area contributed by atoms with Crippen LogP contribution in [0.5, 0.6) is 0 Å². The first-order chi connectivity index (χ1) is 11.7. The van der Waals surface area contributed by atoms with Crippen LogP contribution in [0.15, 0.2) is 24.3 Å². The average Bonchev–Trinajstić information content (AvgIpc) is 2.62. The SMILES string of the molecule is CC(C)C(CNC(=O)C1CCCc2ccccc21)N1CCOCC1. The van der Waals surface area contributed by atoms with Crippen LogP contribution >= 0.6 is 0 Å². The predicted molar refractivity (Wildman–Crippen MR) is 96.1 cm³/mol. The number of fused-ring (bicyclic) bond motifs is 1. The molecule has 4 nitrogen and oxygen atoms in total. The number of rotatable bonds is 5. The van der Waals surface area contributed by atoms with E-state index in [1.165, 1.54) is 11.1 Å². The second-order valence-corrected chi connectivity index (χ2v) is 7.35. The number of amides is 1. The number of hydrogen-bond acceptors (Lipinski definition) is 3. The summed E-state index contributed by atoms with van der Waals surface area (Å²) < 4.78 is 5.46. The number of carbonyl (C=O) groups excluding carboxylic acids is 1. The van der Waals surface area contributed by atoms with Crippen molar-refractivity contribution >= 4 is 5.91 Å². The molecule has 1 amide bonds. The lowest BCUT2D eigenvalue weighted by molar-refractivity contribution is -0.123. The predicted octanol–water partition coefficient (Wildman–Crippen LogP) is 2.58. The van der Waals surface area contributed by atoms with Gasteiger partial charge in [0.15, 0.2) is 0 Å². The molecule has 1 aliphatic carbocycles. The van der Waals surface area contributed by atoms with Gasteiger partial charge in [0.1, 0.15) is 0 Å². The summed E-state index contributed by atoms with van der Waals surface area (Å²) >= 11 is 0. The van der Waals surface area contributed by atoms with Gasteiger partial charge in [-0.25, -0.2) is 0 Å². The minimum Gasteiger partial charge on any atom is -0.379 e. The number of nitrogens with one attached hydrogen (secondary N) is 1. The highest BCUT2D eigenvalue weighted by atomic mass is 16.5. The van der Waals surface area contributed by atoms with E-state index in [-0.39, 0.29) is 11.8 Å². The molecule has 0 saturated carbocycles. The number of carbonyl (C=O) groups is 1. The third-order valence-electron chi connectivity index (χ3n) is 5.46. The summed E-state index contributed by atoms with van der Waals surface area (Å²) in [4.78, 5) is 15.3. The van der Waals surface area contributed by atoms with E-state index in [4.69, 9.17) is 4.74 Å². The number of aryl methyl sites for hydroxylation is 1. The molecule has 2 unspecified atom stereocenters. The molecule has 132 valence electrons. The van der Waals surface area contributed by atoms with Gasteiger partial charge in [-0.15, -0.1) is 0 Å². The first-order valence-electron chi connectivity index (χ1n) is 9.34. The van der Waals surface area contributed by atoms with Gasteiger partial charge in [-0.05, 0) is 36.3 Å². The fraction of sp³-hybridized carbons (Fsp3) is 0.650. The molecule has 1 aliphatic heterocycles. The summed E-state index contributed by atoms with van der Waals surface area (Å²) in [6.07, 6.45) is 3.17. The molecule has 1 aromatic rings. The lowest BCUT2D eigenvalue weighted by Crippen LogP contribution is -2.51. The van der Waals surface area contributed by atoms with Crippen molar-refractivity contribution in [3.8, 4) is 0 Å². The summed E-state index contributed by atoms with van der Waals surface area (Å²) in [6, 6.07) is 8.80. The molecule has 1 fully saturated rings. The highest BCUT2D eigenvalue weighted by Crippen LogP contribution is 2.31. The van der Waals surface area contributed by atoms with Gasteiger partial charge in [0.05, 0.1) is 19.1 Å². The van der Waals surface area contributed by atoms with E-state index in [1.54, 1.807) is 0 Å². The lowest BCUT2D eigenvalue weighted by atomic mass is 9.82. The second-order valence-electron chi connectivity index (χ2n) is 7.35. The molecule has 0 radical (unpaired) electrons. The van der Waals surface area contributed by atoms with Gasteiger partial charge in [0, 0.05) is 25.7 Å². The van der Waals surface area contributed by atoms with E-state index in [9.17, 15) is 4.79 Å². The standard InChI is InChI=1S/C20H30N2O2/c1-15(2)19(22-10-12-24-13-11-22)14-21-20(23)18-9-5-7-16-6-3-4-8-17(16)18/h3-4,6,8,15,18-19H,5,7,9-14H2,1-2H3,(H,21,23). The average molecular weight is 330 g/mol. The topological polar surface area (TPSA) is 41.6 Å². The van der Waals surface area contributed by atoms with E-state index in [1.807, 2.05) is 0 Å². The van der Waals surface area contributed by atoms with Crippen molar-refractivity contribution in [3.05, 3.63) is 35.4 Å². The molecular formula is C20H30N2O2. The number of morpholine rings is 1. The minimum absolute atomic E-state index is 0.0208. The molecule has 3 rings (SSSR count). The van der Waals surface area contributed by atoms with Gasteiger partial charge < -0.3 is 10.1 Å². The van der Waals surface area contributed by atoms with Crippen molar-refractivity contribution in [1.82, 2.24) is 10.2 Å². The Kier molecular flexibility index (Phi) is 5.90. The van der Waals surface area contributed by atoms with Crippen LogP contribution in [0, 0.1) is 5.92 Å². The fourth-order valence-corrected chi connectivity index (χ4v) is 4.05. The van der Waals surface area contributed by atoms with E-state index >= 15 is 0 Å². The van der Waals surface area contributed by atoms with Gasteiger partial charge in [-0.2, -0.15) is 0 Å². The first kappa shape index (κ1) is 17.4. The molecule has 0 spiro atoms. The Balaban J connectivity index is 1.62. The van der Waals surface area contributed by atoms with Gasteiger partial charge in [0.2, 0.25) is 5.91 Å². The van der Waals surface area contributed by atoms with Crippen molar-refractivity contribution in [2.75, 3.05) is 32.8 Å². The summed E-state index contributed by atoms with van der Waals surface area (Å²) in [5, 5.41) is 3.25. The van der Waals surface area contributed by atoms with Gasteiger partial charge in [-0.1, -0.05) is 38.1 Å². The minimum atomic E-state index is 0.0208. The molecule has 1 aromatic carbocycles. The largest absolute Gasteiger partial charge is 0.379 e. The number of ether oxygens (including phenoxy) is 1. The smallest absolute Gasteiger partial charge is 0.227 e. The first-order valence-corrected chi connectivity index (χ1v) is 9.34. The van der Waals surface area contributed by atoms with Crippen molar-refractivity contribution < 1.29 is 9.53 Å². The fourth-order valence-electron chi connectivity index (χ4n) is 4.05. The molecule has 4 heteroatoms. The Labute approximate surface area is 145 Å². The monoisotopic (exact) mass is 330 g/mol. The van der Waals surface area contributed by atoms with Crippen molar-refractivity contribution in [3.63, 3.8) is 0 Å². The third kappa shape index (κ3) is 3.98. The van der Waals surface area contributed by atoms with Crippen LogP contribution in [0.3, 0.4) is 0 Å². The van der Waals surface area contributed by atoms with Crippen LogP contribution in [-0.2, 0) is 16.0 Å².